The Morgan fingerprint density at radius 2 is 2.00 bits per heavy atom. The standard InChI is InChI=1S/C13H13ClF2N2/c1-8(2)11-5-10(14)3-4-12(11)18-7-9(6-17-18)13(15)16/h3-8,13H,1-2H3. The first kappa shape index (κ1) is 13.0. The SMILES string of the molecule is CC(C)c1cc(Cl)ccc1-n1cc(C(F)F)cn1. The molecule has 2 nitrogen and oxygen atoms in total. The number of halogens is 3. The van der Waals surface area contributed by atoms with E-state index in [1.165, 1.54) is 17.1 Å². The molecular formula is C13H13ClF2N2. The van der Waals surface area contributed by atoms with E-state index in [1.54, 1.807) is 12.1 Å². The van der Waals surface area contributed by atoms with E-state index >= 15 is 0 Å². The maximum atomic E-state index is 12.5. The van der Waals surface area contributed by atoms with Crippen molar-refractivity contribution >= 4 is 11.6 Å². The predicted octanol–water partition coefficient (Wildman–Crippen LogP) is 4.59. The Balaban J connectivity index is 2.49. The molecular weight excluding hydrogens is 258 g/mol. The highest BCUT2D eigenvalue weighted by molar-refractivity contribution is 6.30. The highest BCUT2D eigenvalue weighted by Crippen LogP contribution is 2.27. The van der Waals surface area contributed by atoms with Crippen LogP contribution in [0.2, 0.25) is 5.02 Å². The summed E-state index contributed by atoms with van der Waals surface area (Å²) in [5.74, 6) is 0.234. The van der Waals surface area contributed by atoms with Crippen LogP contribution in [0.25, 0.3) is 5.69 Å². The molecule has 0 amide bonds. The van der Waals surface area contributed by atoms with Crippen LogP contribution in [-0.4, -0.2) is 9.78 Å². The molecule has 18 heavy (non-hydrogen) atoms. The molecule has 1 aromatic heterocycles. The van der Waals surface area contributed by atoms with Gasteiger partial charge in [-0.05, 0) is 29.7 Å². The van der Waals surface area contributed by atoms with Crippen molar-refractivity contribution in [2.75, 3.05) is 0 Å². The van der Waals surface area contributed by atoms with Crippen LogP contribution in [0, 0.1) is 0 Å². The van der Waals surface area contributed by atoms with Crippen molar-refractivity contribution in [3.05, 3.63) is 46.7 Å². The summed E-state index contributed by atoms with van der Waals surface area (Å²) in [6.45, 7) is 4.04. The summed E-state index contributed by atoms with van der Waals surface area (Å²) in [4.78, 5) is 0. The van der Waals surface area contributed by atoms with E-state index in [4.69, 9.17) is 11.6 Å². The largest absolute Gasteiger partial charge is 0.266 e. The summed E-state index contributed by atoms with van der Waals surface area (Å²) in [5.41, 5.74) is 1.67. The molecule has 0 N–H and O–H groups in total. The molecule has 0 radical (unpaired) electrons. The first-order valence-corrected chi connectivity index (χ1v) is 5.99. The number of rotatable bonds is 3. The molecule has 0 atom stereocenters. The van der Waals surface area contributed by atoms with Gasteiger partial charge in [0.2, 0.25) is 0 Å². The first-order chi connectivity index (χ1) is 8.49. The molecule has 0 saturated carbocycles. The summed E-state index contributed by atoms with van der Waals surface area (Å²) in [6.07, 6.45) is 0.0249. The van der Waals surface area contributed by atoms with Gasteiger partial charge >= 0.3 is 0 Å². The van der Waals surface area contributed by atoms with Crippen LogP contribution in [0.1, 0.15) is 37.3 Å². The molecule has 0 aliphatic carbocycles. The van der Waals surface area contributed by atoms with E-state index in [9.17, 15) is 8.78 Å². The fourth-order valence-electron chi connectivity index (χ4n) is 1.78. The third kappa shape index (κ3) is 2.53. The molecule has 1 heterocycles. The topological polar surface area (TPSA) is 17.8 Å². The number of hydrogen-bond donors (Lipinski definition) is 0. The third-order valence-electron chi connectivity index (χ3n) is 2.71. The van der Waals surface area contributed by atoms with Crippen LogP contribution in [0.3, 0.4) is 0 Å². The maximum Gasteiger partial charge on any atom is 0.266 e. The lowest BCUT2D eigenvalue weighted by Crippen LogP contribution is -2.01. The van der Waals surface area contributed by atoms with Gasteiger partial charge in [0.05, 0.1) is 17.4 Å². The van der Waals surface area contributed by atoms with Crippen molar-refractivity contribution in [3.8, 4) is 5.69 Å². The van der Waals surface area contributed by atoms with Crippen molar-refractivity contribution in [1.29, 1.82) is 0 Å². The Kier molecular flexibility index (Phi) is 3.66. The van der Waals surface area contributed by atoms with Crippen LogP contribution in [0.4, 0.5) is 8.78 Å². The van der Waals surface area contributed by atoms with Crippen LogP contribution < -0.4 is 0 Å². The Bertz CT molecular complexity index is 550. The summed E-state index contributed by atoms with van der Waals surface area (Å²) in [6, 6.07) is 5.36. The van der Waals surface area contributed by atoms with E-state index < -0.39 is 6.43 Å². The van der Waals surface area contributed by atoms with Gasteiger partial charge in [0, 0.05) is 11.2 Å². The number of nitrogens with zero attached hydrogens (tertiary/aromatic N) is 2. The fraction of sp³-hybridized carbons (Fsp3) is 0.308. The number of aromatic nitrogens is 2. The van der Waals surface area contributed by atoms with E-state index in [2.05, 4.69) is 5.10 Å². The van der Waals surface area contributed by atoms with Gasteiger partial charge in [0.15, 0.2) is 0 Å². The molecule has 0 fully saturated rings. The lowest BCUT2D eigenvalue weighted by Gasteiger charge is -2.13. The number of benzene rings is 1. The molecule has 0 unspecified atom stereocenters. The average molecular weight is 271 g/mol. The van der Waals surface area contributed by atoms with Crippen LogP contribution in [0.5, 0.6) is 0 Å². The molecule has 0 saturated heterocycles. The highest BCUT2D eigenvalue weighted by Gasteiger charge is 2.14. The second-order valence-corrected chi connectivity index (χ2v) is 4.81. The fourth-order valence-corrected chi connectivity index (χ4v) is 1.96. The van der Waals surface area contributed by atoms with E-state index in [0.717, 1.165) is 11.3 Å². The summed E-state index contributed by atoms with van der Waals surface area (Å²) in [7, 11) is 0. The molecule has 96 valence electrons. The average Bonchev–Trinajstić information content (AvgIpc) is 2.78. The minimum absolute atomic E-state index is 0.0837. The van der Waals surface area contributed by atoms with Gasteiger partial charge in [-0.2, -0.15) is 5.10 Å². The quantitative estimate of drug-likeness (QED) is 0.798. The van der Waals surface area contributed by atoms with Crippen molar-refractivity contribution in [1.82, 2.24) is 9.78 Å². The molecule has 0 aliphatic heterocycles. The zero-order valence-electron chi connectivity index (χ0n) is 10.1. The molecule has 0 aliphatic rings. The van der Waals surface area contributed by atoms with Gasteiger partial charge in [0.1, 0.15) is 0 Å². The second kappa shape index (κ2) is 5.06. The van der Waals surface area contributed by atoms with E-state index in [-0.39, 0.29) is 11.5 Å². The van der Waals surface area contributed by atoms with Crippen LogP contribution in [0.15, 0.2) is 30.6 Å². The zero-order valence-corrected chi connectivity index (χ0v) is 10.8. The zero-order chi connectivity index (χ0) is 13.3. The van der Waals surface area contributed by atoms with E-state index in [1.807, 2.05) is 19.9 Å². The van der Waals surface area contributed by atoms with E-state index in [0.29, 0.717) is 5.02 Å². The molecule has 0 spiro atoms. The molecule has 2 aromatic rings. The monoisotopic (exact) mass is 270 g/mol. The Morgan fingerprint density at radius 3 is 2.56 bits per heavy atom. The summed E-state index contributed by atoms with van der Waals surface area (Å²) in [5, 5.41) is 4.60. The smallest absolute Gasteiger partial charge is 0.240 e. The summed E-state index contributed by atoms with van der Waals surface area (Å²) < 4.78 is 26.6. The van der Waals surface area contributed by atoms with Gasteiger partial charge in [0.25, 0.3) is 6.43 Å². The molecule has 1 aromatic carbocycles. The van der Waals surface area contributed by atoms with Crippen molar-refractivity contribution in [2.24, 2.45) is 0 Å². The molecule has 0 bridgehead atoms. The van der Waals surface area contributed by atoms with Crippen LogP contribution in [-0.2, 0) is 0 Å². The Hall–Kier alpha value is -1.42. The molecule has 2 rings (SSSR count). The second-order valence-electron chi connectivity index (χ2n) is 4.38. The first-order valence-electron chi connectivity index (χ1n) is 5.61. The summed E-state index contributed by atoms with van der Waals surface area (Å²) >= 11 is 5.95. The highest BCUT2D eigenvalue weighted by atomic mass is 35.5. The normalized spacial score (nSPS) is 11.5. The van der Waals surface area contributed by atoms with Gasteiger partial charge in [-0.3, -0.25) is 0 Å². The van der Waals surface area contributed by atoms with Crippen molar-refractivity contribution in [2.45, 2.75) is 26.2 Å². The predicted molar refractivity (Wildman–Crippen MR) is 67.6 cm³/mol. The number of alkyl halides is 2. The number of hydrogen-bond acceptors (Lipinski definition) is 1. The van der Waals surface area contributed by atoms with Gasteiger partial charge in [-0.15, -0.1) is 0 Å². The van der Waals surface area contributed by atoms with Crippen LogP contribution >= 0.6 is 11.6 Å². The minimum Gasteiger partial charge on any atom is -0.240 e. The van der Waals surface area contributed by atoms with Crippen molar-refractivity contribution < 1.29 is 8.78 Å². The van der Waals surface area contributed by atoms with Gasteiger partial charge in [-0.1, -0.05) is 25.4 Å². The molecule has 5 heteroatoms. The Labute approximate surface area is 109 Å². The maximum absolute atomic E-state index is 12.5. The van der Waals surface area contributed by atoms with Crippen molar-refractivity contribution in [3.63, 3.8) is 0 Å². The lowest BCUT2D eigenvalue weighted by atomic mass is 10.0. The minimum atomic E-state index is -2.51. The lowest BCUT2D eigenvalue weighted by molar-refractivity contribution is 0.151. The van der Waals surface area contributed by atoms with Gasteiger partial charge < -0.3 is 0 Å². The van der Waals surface area contributed by atoms with Gasteiger partial charge in [-0.25, -0.2) is 13.5 Å². The Morgan fingerprint density at radius 1 is 1.28 bits per heavy atom. The third-order valence-corrected chi connectivity index (χ3v) is 2.95.